The lowest BCUT2D eigenvalue weighted by atomic mass is 10.3. The van der Waals surface area contributed by atoms with Gasteiger partial charge in [-0.15, -0.1) is 0 Å². The second kappa shape index (κ2) is 4.43. The number of anilines is 1. The predicted octanol–water partition coefficient (Wildman–Crippen LogP) is 2.42. The van der Waals surface area contributed by atoms with Crippen LogP contribution in [0.3, 0.4) is 0 Å². The summed E-state index contributed by atoms with van der Waals surface area (Å²) in [6.45, 7) is 1.61. The van der Waals surface area contributed by atoms with E-state index in [4.69, 9.17) is 33.4 Å². The van der Waals surface area contributed by atoms with Crippen LogP contribution in [0.2, 0.25) is 10.0 Å². The van der Waals surface area contributed by atoms with Gasteiger partial charge < -0.3 is 15.5 Å². The average Bonchev–Trinajstić information content (AvgIpc) is 2.60. The normalized spacial score (nSPS) is 12.6. The highest BCUT2D eigenvalue weighted by atomic mass is 35.5. The fourth-order valence-electron chi connectivity index (χ4n) is 1.24. The molecular weight excluding hydrogens is 265 g/mol. The molecule has 0 radical (unpaired) electrons. The maximum Gasteiger partial charge on any atom is 0.296 e. The molecule has 90 valence electrons. The Morgan fingerprint density at radius 1 is 1.47 bits per heavy atom. The largest absolute Gasteiger partial charge is 0.423 e. The van der Waals surface area contributed by atoms with Crippen LogP contribution in [0.1, 0.15) is 6.92 Å². The van der Waals surface area contributed by atoms with Crippen LogP contribution in [-0.2, 0) is 4.79 Å². The maximum absolute atomic E-state index is 10.9. The van der Waals surface area contributed by atoms with E-state index in [1.54, 1.807) is 19.1 Å². The van der Waals surface area contributed by atoms with E-state index in [2.05, 4.69) is 10.3 Å². The Kier molecular flexibility index (Phi) is 3.13. The molecule has 5 nitrogen and oxygen atoms in total. The van der Waals surface area contributed by atoms with Crippen molar-refractivity contribution < 1.29 is 9.21 Å². The summed E-state index contributed by atoms with van der Waals surface area (Å²) in [7, 11) is 0. The van der Waals surface area contributed by atoms with Crippen LogP contribution in [0.4, 0.5) is 6.01 Å². The molecule has 1 atom stereocenters. The molecule has 2 rings (SSSR count). The minimum absolute atomic E-state index is 0.199. The van der Waals surface area contributed by atoms with E-state index < -0.39 is 11.9 Å². The molecule has 17 heavy (non-hydrogen) atoms. The molecular formula is C10H9Cl2N3O2. The standard InChI is InChI=1S/C10H9Cl2N3O2/c1-4(9(13)16)14-10-15-7-2-5(11)6(12)3-8(7)17-10/h2-4H,1H3,(H2,13,16)(H,14,15)/t4-/m0/s1. The Hall–Kier alpha value is -1.46. The van der Waals surface area contributed by atoms with Gasteiger partial charge in [-0.2, -0.15) is 4.98 Å². The number of carbonyl (C=O) groups is 1. The maximum atomic E-state index is 10.9. The van der Waals surface area contributed by atoms with Crippen molar-refractivity contribution in [2.24, 2.45) is 5.73 Å². The zero-order valence-electron chi connectivity index (χ0n) is 8.83. The number of nitrogens with one attached hydrogen (secondary N) is 1. The minimum atomic E-state index is -0.575. The van der Waals surface area contributed by atoms with E-state index in [-0.39, 0.29) is 6.01 Å². The van der Waals surface area contributed by atoms with Gasteiger partial charge >= 0.3 is 0 Å². The number of fused-ring (bicyclic) bond motifs is 1. The second-order valence-electron chi connectivity index (χ2n) is 3.52. The van der Waals surface area contributed by atoms with Gasteiger partial charge in [-0.3, -0.25) is 4.79 Å². The molecule has 0 bridgehead atoms. The number of hydrogen-bond donors (Lipinski definition) is 2. The zero-order valence-corrected chi connectivity index (χ0v) is 10.3. The second-order valence-corrected chi connectivity index (χ2v) is 4.34. The van der Waals surface area contributed by atoms with Crippen molar-refractivity contribution in [1.82, 2.24) is 4.98 Å². The Bertz CT molecular complexity index is 543. The van der Waals surface area contributed by atoms with Gasteiger partial charge in [0.05, 0.1) is 10.0 Å². The third-order valence-electron chi connectivity index (χ3n) is 2.20. The first-order valence-corrected chi connectivity index (χ1v) is 5.54. The van der Waals surface area contributed by atoms with Crippen LogP contribution in [-0.4, -0.2) is 16.9 Å². The summed E-state index contributed by atoms with van der Waals surface area (Å²) in [5.74, 6) is -0.497. The zero-order chi connectivity index (χ0) is 12.6. The molecule has 1 aromatic carbocycles. The molecule has 0 saturated carbocycles. The first kappa shape index (κ1) is 12.0. The number of benzene rings is 1. The molecule has 0 saturated heterocycles. The Morgan fingerprint density at radius 2 is 2.12 bits per heavy atom. The number of hydrogen-bond acceptors (Lipinski definition) is 4. The molecule has 0 fully saturated rings. The average molecular weight is 274 g/mol. The summed E-state index contributed by atoms with van der Waals surface area (Å²) in [6, 6.07) is 2.77. The summed E-state index contributed by atoms with van der Waals surface area (Å²) in [5, 5.41) is 3.50. The molecule has 1 aromatic heterocycles. The van der Waals surface area contributed by atoms with Crippen molar-refractivity contribution in [2.75, 3.05) is 5.32 Å². The van der Waals surface area contributed by atoms with Crippen LogP contribution in [0.15, 0.2) is 16.5 Å². The van der Waals surface area contributed by atoms with E-state index in [9.17, 15) is 4.79 Å². The molecule has 0 aliphatic carbocycles. The van der Waals surface area contributed by atoms with Gasteiger partial charge in [0.2, 0.25) is 5.91 Å². The summed E-state index contributed by atoms with van der Waals surface area (Å²) in [5.41, 5.74) is 6.15. The van der Waals surface area contributed by atoms with Crippen LogP contribution in [0, 0.1) is 0 Å². The molecule has 1 heterocycles. The molecule has 0 spiro atoms. The molecule has 2 aromatic rings. The van der Waals surface area contributed by atoms with E-state index in [0.29, 0.717) is 21.1 Å². The van der Waals surface area contributed by atoms with Crippen LogP contribution in [0.5, 0.6) is 0 Å². The number of rotatable bonds is 3. The lowest BCUT2D eigenvalue weighted by Crippen LogP contribution is -2.32. The van der Waals surface area contributed by atoms with Crippen molar-refractivity contribution in [3.05, 3.63) is 22.2 Å². The van der Waals surface area contributed by atoms with E-state index >= 15 is 0 Å². The lowest BCUT2D eigenvalue weighted by Gasteiger charge is -2.05. The third kappa shape index (κ3) is 2.45. The highest BCUT2D eigenvalue weighted by molar-refractivity contribution is 6.42. The number of amides is 1. The molecule has 0 unspecified atom stereocenters. The van der Waals surface area contributed by atoms with Crippen molar-refractivity contribution in [3.63, 3.8) is 0 Å². The van der Waals surface area contributed by atoms with Crippen molar-refractivity contribution in [3.8, 4) is 0 Å². The number of aromatic nitrogens is 1. The summed E-state index contributed by atoms with van der Waals surface area (Å²) in [6.07, 6.45) is 0. The summed E-state index contributed by atoms with van der Waals surface area (Å²) in [4.78, 5) is 15.0. The lowest BCUT2D eigenvalue weighted by molar-refractivity contribution is -0.118. The summed E-state index contributed by atoms with van der Waals surface area (Å²) < 4.78 is 5.35. The summed E-state index contributed by atoms with van der Waals surface area (Å²) >= 11 is 11.7. The highest BCUT2D eigenvalue weighted by Gasteiger charge is 2.13. The van der Waals surface area contributed by atoms with Gasteiger partial charge in [0.15, 0.2) is 5.58 Å². The van der Waals surface area contributed by atoms with Crippen molar-refractivity contribution >= 4 is 46.2 Å². The number of halogens is 2. The molecule has 0 aliphatic heterocycles. The van der Waals surface area contributed by atoms with Crippen LogP contribution < -0.4 is 11.1 Å². The van der Waals surface area contributed by atoms with Crippen LogP contribution >= 0.6 is 23.2 Å². The smallest absolute Gasteiger partial charge is 0.296 e. The number of nitrogens with two attached hydrogens (primary N) is 1. The fourth-order valence-corrected chi connectivity index (χ4v) is 1.55. The van der Waals surface area contributed by atoms with Gasteiger partial charge in [0, 0.05) is 6.07 Å². The molecule has 1 amide bonds. The quantitative estimate of drug-likeness (QED) is 0.900. The third-order valence-corrected chi connectivity index (χ3v) is 2.92. The first-order chi connectivity index (χ1) is 7.97. The Labute approximate surface area is 107 Å². The number of oxazole rings is 1. The number of primary amides is 1. The number of nitrogens with zero attached hydrogens (tertiary/aromatic N) is 1. The number of carbonyl (C=O) groups excluding carboxylic acids is 1. The molecule has 0 aliphatic rings. The van der Waals surface area contributed by atoms with Gasteiger partial charge in [0.1, 0.15) is 11.6 Å². The predicted molar refractivity (Wildman–Crippen MR) is 66.3 cm³/mol. The Balaban J connectivity index is 2.35. The van der Waals surface area contributed by atoms with E-state index in [1.807, 2.05) is 0 Å². The van der Waals surface area contributed by atoms with E-state index in [0.717, 1.165) is 0 Å². The Morgan fingerprint density at radius 3 is 2.76 bits per heavy atom. The first-order valence-electron chi connectivity index (χ1n) is 4.79. The van der Waals surface area contributed by atoms with Crippen LogP contribution in [0.25, 0.3) is 11.1 Å². The molecule has 7 heteroatoms. The highest BCUT2D eigenvalue weighted by Crippen LogP contribution is 2.29. The van der Waals surface area contributed by atoms with Gasteiger partial charge in [0.25, 0.3) is 6.01 Å². The van der Waals surface area contributed by atoms with Crippen molar-refractivity contribution in [1.29, 1.82) is 0 Å². The van der Waals surface area contributed by atoms with Gasteiger partial charge in [-0.1, -0.05) is 23.2 Å². The SMILES string of the molecule is C[C@H](Nc1nc2cc(Cl)c(Cl)cc2o1)C(N)=O. The monoisotopic (exact) mass is 273 g/mol. The van der Waals surface area contributed by atoms with Gasteiger partial charge in [-0.25, -0.2) is 0 Å². The minimum Gasteiger partial charge on any atom is -0.423 e. The van der Waals surface area contributed by atoms with E-state index in [1.165, 1.54) is 0 Å². The van der Waals surface area contributed by atoms with Gasteiger partial charge in [-0.05, 0) is 13.0 Å². The topological polar surface area (TPSA) is 81.2 Å². The molecule has 3 N–H and O–H groups in total. The van der Waals surface area contributed by atoms with Crippen molar-refractivity contribution in [2.45, 2.75) is 13.0 Å². The fraction of sp³-hybridized carbons (Fsp3) is 0.200.